The summed E-state index contributed by atoms with van der Waals surface area (Å²) in [5.74, 6) is -0.164. The number of nitrogens with zero attached hydrogens (tertiary/aromatic N) is 3. The van der Waals surface area contributed by atoms with E-state index in [0.717, 1.165) is 11.3 Å². The van der Waals surface area contributed by atoms with Crippen LogP contribution in [0.25, 0.3) is 17.4 Å². The van der Waals surface area contributed by atoms with E-state index in [2.05, 4.69) is 4.99 Å². The summed E-state index contributed by atoms with van der Waals surface area (Å²) >= 11 is 1.12. The Morgan fingerprint density at radius 1 is 1.15 bits per heavy atom. The number of allylic oxidation sites excluding steroid dienone is 1. The average molecular weight is 574 g/mol. The van der Waals surface area contributed by atoms with Crippen molar-refractivity contribution in [3.8, 4) is 17.1 Å². The minimum Gasteiger partial charge on any atom is -0.463 e. The van der Waals surface area contributed by atoms with E-state index in [1.54, 1.807) is 68.4 Å². The van der Waals surface area contributed by atoms with E-state index in [1.807, 2.05) is 0 Å². The van der Waals surface area contributed by atoms with Crippen LogP contribution < -0.4 is 19.6 Å². The number of benzene rings is 2. The molecule has 4 aromatic rings. The standard InChI is InChI=1S/C29H23N3O8S/c1-4-38-28(35)25-16(2)30-29-31(26(25)18-9-11-19(12-10-18)39-17(3)33)27(34)24(41-29)15-20-13-14-23(40-20)21-7-5-6-8-22(21)32(36)37/h5-15,26H,4H2,1-3H3/t26-/m1/s1. The highest BCUT2D eigenvalue weighted by Crippen LogP contribution is 2.33. The number of fused-ring (bicyclic) bond motifs is 1. The maximum atomic E-state index is 13.8. The number of carbonyl (C=O) groups excluding carboxylic acids is 2. The maximum absolute atomic E-state index is 13.8. The molecular formula is C29H23N3O8S. The summed E-state index contributed by atoms with van der Waals surface area (Å²) < 4.78 is 18.0. The van der Waals surface area contributed by atoms with Gasteiger partial charge >= 0.3 is 11.9 Å². The van der Waals surface area contributed by atoms with Crippen molar-refractivity contribution in [1.82, 2.24) is 4.57 Å². The number of hydrogen-bond acceptors (Lipinski definition) is 10. The number of nitro benzene ring substituents is 1. The van der Waals surface area contributed by atoms with E-state index >= 15 is 0 Å². The van der Waals surface area contributed by atoms with Gasteiger partial charge in [0.15, 0.2) is 4.80 Å². The zero-order valence-electron chi connectivity index (χ0n) is 22.2. The first-order valence-electron chi connectivity index (χ1n) is 12.5. The van der Waals surface area contributed by atoms with Crippen LogP contribution in [0.15, 0.2) is 86.1 Å². The molecule has 0 bridgehead atoms. The monoisotopic (exact) mass is 573 g/mol. The summed E-state index contributed by atoms with van der Waals surface area (Å²) in [5.41, 5.74) is 0.994. The van der Waals surface area contributed by atoms with Gasteiger partial charge in [0.2, 0.25) is 0 Å². The molecule has 1 aliphatic heterocycles. The molecule has 0 unspecified atom stereocenters. The van der Waals surface area contributed by atoms with E-state index in [9.17, 15) is 24.5 Å². The molecular weight excluding hydrogens is 550 g/mol. The molecule has 3 heterocycles. The van der Waals surface area contributed by atoms with E-state index in [1.165, 1.54) is 23.6 Å². The van der Waals surface area contributed by atoms with Gasteiger partial charge in [0.05, 0.1) is 38.9 Å². The van der Waals surface area contributed by atoms with E-state index in [-0.39, 0.29) is 28.2 Å². The van der Waals surface area contributed by atoms with E-state index in [0.29, 0.717) is 33.1 Å². The van der Waals surface area contributed by atoms with Crippen LogP contribution in [0, 0.1) is 10.1 Å². The number of hydrogen-bond donors (Lipinski definition) is 0. The molecule has 12 heteroatoms. The molecule has 1 aliphatic rings. The number of carbonyl (C=O) groups is 2. The fraction of sp³-hybridized carbons (Fsp3) is 0.172. The second-order valence-electron chi connectivity index (χ2n) is 8.94. The number of esters is 2. The quantitative estimate of drug-likeness (QED) is 0.140. The van der Waals surface area contributed by atoms with Crippen molar-refractivity contribution in [2.75, 3.05) is 6.61 Å². The molecule has 0 radical (unpaired) electrons. The number of para-hydroxylation sites is 1. The first kappa shape index (κ1) is 27.5. The summed E-state index contributed by atoms with van der Waals surface area (Å²) in [4.78, 5) is 54.0. The van der Waals surface area contributed by atoms with Gasteiger partial charge in [-0.05, 0) is 49.7 Å². The van der Waals surface area contributed by atoms with E-state index < -0.39 is 28.5 Å². The molecule has 0 amide bonds. The topological polar surface area (TPSA) is 143 Å². The molecule has 0 saturated carbocycles. The van der Waals surface area contributed by atoms with Gasteiger partial charge in [0, 0.05) is 19.1 Å². The highest BCUT2D eigenvalue weighted by Gasteiger charge is 2.33. The number of aromatic nitrogens is 1. The normalized spacial score (nSPS) is 14.8. The van der Waals surface area contributed by atoms with Crippen molar-refractivity contribution in [3.05, 3.63) is 113 Å². The van der Waals surface area contributed by atoms with Gasteiger partial charge in [-0.25, -0.2) is 9.79 Å². The van der Waals surface area contributed by atoms with Gasteiger partial charge in [-0.15, -0.1) is 0 Å². The van der Waals surface area contributed by atoms with Crippen molar-refractivity contribution in [2.45, 2.75) is 26.8 Å². The Labute approximate surface area is 236 Å². The largest absolute Gasteiger partial charge is 0.463 e. The van der Waals surface area contributed by atoms with Gasteiger partial charge in [0.25, 0.3) is 11.2 Å². The van der Waals surface area contributed by atoms with Crippen molar-refractivity contribution in [3.63, 3.8) is 0 Å². The summed E-state index contributed by atoms with van der Waals surface area (Å²) in [6, 6.07) is 15.1. The first-order chi connectivity index (χ1) is 19.7. The molecule has 208 valence electrons. The number of thiazole rings is 1. The molecule has 5 rings (SSSR count). The lowest BCUT2D eigenvalue weighted by Gasteiger charge is -2.24. The van der Waals surface area contributed by atoms with Crippen molar-refractivity contribution in [2.24, 2.45) is 4.99 Å². The minimum absolute atomic E-state index is 0.102. The molecule has 0 N–H and O–H groups in total. The van der Waals surface area contributed by atoms with Gasteiger partial charge in [-0.1, -0.05) is 35.6 Å². The molecule has 41 heavy (non-hydrogen) atoms. The molecule has 11 nitrogen and oxygen atoms in total. The molecule has 2 aromatic heterocycles. The predicted molar refractivity (Wildman–Crippen MR) is 149 cm³/mol. The number of nitro groups is 1. The maximum Gasteiger partial charge on any atom is 0.338 e. The van der Waals surface area contributed by atoms with Crippen LogP contribution in [0.4, 0.5) is 5.69 Å². The molecule has 0 spiro atoms. The average Bonchev–Trinajstić information content (AvgIpc) is 3.52. The van der Waals surface area contributed by atoms with Gasteiger partial charge in [0.1, 0.15) is 17.3 Å². The van der Waals surface area contributed by atoms with Crippen LogP contribution >= 0.6 is 11.3 Å². The van der Waals surface area contributed by atoms with Crippen molar-refractivity contribution in [1.29, 1.82) is 0 Å². The van der Waals surface area contributed by atoms with Gasteiger partial charge in [-0.2, -0.15) is 0 Å². The van der Waals surface area contributed by atoms with Crippen LogP contribution in [-0.2, 0) is 14.3 Å². The SMILES string of the molecule is CCOC(=O)C1=C(C)N=c2sc(=Cc3ccc(-c4ccccc4[N+](=O)[O-])o3)c(=O)n2[C@@H]1c1ccc(OC(C)=O)cc1. The third kappa shape index (κ3) is 5.37. The predicted octanol–water partition coefficient (Wildman–Crippen LogP) is 3.89. The number of ether oxygens (including phenoxy) is 2. The zero-order valence-corrected chi connectivity index (χ0v) is 23.0. The van der Waals surface area contributed by atoms with Crippen molar-refractivity contribution < 1.29 is 28.4 Å². The highest BCUT2D eigenvalue weighted by atomic mass is 32.1. The lowest BCUT2D eigenvalue weighted by molar-refractivity contribution is -0.384. The Kier molecular flexibility index (Phi) is 7.49. The Hall–Kier alpha value is -5.10. The Morgan fingerprint density at radius 2 is 1.88 bits per heavy atom. The lowest BCUT2D eigenvalue weighted by Crippen LogP contribution is -2.39. The fourth-order valence-corrected chi connectivity index (χ4v) is 5.56. The smallest absolute Gasteiger partial charge is 0.338 e. The molecule has 2 aromatic carbocycles. The van der Waals surface area contributed by atoms with Crippen LogP contribution in [0.5, 0.6) is 5.75 Å². The first-order valence-corrected chi connectivity index (χ1v) is 13.3. The summed E-state index contributed by atoms with van der Waals surface area (Å²) in [6.45, 7) is 4.79. The van der Waals surface area contributed by atoms with Gasteiger partial charge in [-0.3, -0.25) is 24.3 Å². The summed E-state index contributed by atoms with van der Waals surface area (Å²) in [5, 5.41) is 11.4. The highest BCUT2D eigenvalue weighted by molar-refractivity contribution is 7.07. The fourth-order valence-electron chi connectivity index (χ4n) is 4.54. The second-order valence-corrected chi connectivity index (χ2v) is 9.95. The van der Waals surface area contributed by atoms with Crippen LogP contribution in [-0.4, -0.2) is 28.0 Å². The molecule has 0 fully saturated rings. The minimum atomic E-state index is -0.849. The van der Waals surface area contributed by atoms with Crippen LogP contribution in [0.2, 0.25) is 0 Å². The number of furan rings is 1. The molecule has 0 aliphatic carbocycles. The zero-order chi connectivity index (χ0) is 29.3. The Balaban J connectivity index is 1.62. The van der Waals surface area contributed by atoms with Crippen LogP contribution in [0.3, 0.4) is 0 Å². The van der Waals surface area contributed by atoms with Gasteiger partial charge < -0.3 is 13.9 Å². The Morgan fingerprint density at radius 3 is 2.56 bits per heavy atom. The number of rotatable bonds is 7. The van der Waals surface area contributed by atoms with E-state index in [4.69, 9.17) is 13.9 Å². The lowest BCUT2D eigenvalue weighted by atomic mass is 9.96. The summed E-state index contributed by atoms with van der Waals surface area (Å²) in [7, 11) is 0. The molecule has 1 atom stereocenters. The second kappa shape index (κ2) is 11.2. The Bertz CT molecular complexity index is 1900. The third-order valence-electron chi connectivity index (χ3n) is 6.24. The molecule has 0 saturated heterocycles. The summed E-state index contributed by atoms with van der Waals surface area (Å²) in [6.07, 6.45) is 1.53. The van der Waals surface area contributed by atoms with Crippen molar-refractivity contribution >= 4 is 35.0 Å². The van der Waals surface area contributed by atoms with Crippen LogP contribution in [0.1, 0.15) is 38.1 Å². The third-order valence-corrected chi connectivity index (χ3v) is 7.22.